The van der Waals surface area contributed by atoms with Gasteiger partial charge in [-0.1, -0.05) is 0 Å². The second-order valence-electron chi connectivity index (χ2n) is 8.19. The van der Waals surface area contributed by atoms with Crippen LogP contribution in [0.3, 0.4) is 0 Å². The quantitative estimate of drug-likeness (QED) is 0.410. The first-order valence-corrected chi connectivity index (χ1v) is 11.9. The van der Waals surface area contributed by atoms with Gasteiger partial charge in [-0.2, -0.15) is 0 Å². The van der Waals surface area contributed by atoms with Crippen molar-refractivity contribution in [1.82, 2.24) is 19.9 Å². The Kier molecular flexibility index (Phi) is 6.43. The Balaban J connectivity index is 1.33. The molecule has 5 rings (SSSR count). The van der Waals surface area contributed by atoms with Crippen LogP contribution >= 0.6 is 11.3 Å². The number of aromatic nitrogens is 4. The topological polar surface area (TPSA) is 99.5 Å². The highest BCUT2D eigenvalue weighted by Gasteiger charge is 2.19. The second-order valence-corrected chi connectivity index (χ2v) is 9.05. The number of rotatable bonds is 6. The van der Waals surface area contributed by atoms with E-state index in [9.17, 15) is 9.50 Å². The van der Waals surface area contributed by atoms with Crippen LogP contribution < -0.4 is 15.1 Å². The van der Waals surface area contributed by atoms with E-state index in [1.807, 2.05) is 47.5 Å². The third kappa shape index (κ3) is 5.15. The van der Waals surface area contributed by atoms with Crippen LogP contribution in [0.5, 0.6) is 5.75 Å². The number of phenolic OH excluding ortho intramolecular Hbond substituents is 1. The molecule has 1 saturated heterocycles. The maximum absolute atomic E-state index is 14.4. The van der Waals surface area contributed by atoms with E-state index in [0.29, 0.717) is 48.5 Å². The highest BCUT2D eigenvalue weighted by molar-refractivity contribution is 7.13. The monoisotopic (exact) mass is 493 g/mol. The zero-order valence-electron chi connectivity index (χ0n) is 19.3. The molecule has 1 aliphatic heterocycles. The Morgan fingerprint density at radius 2 is 1.86 bits per heavy atom. The summed E-state index contributed by atoms with van der Waals surface area (Å²) < 4.78 is 19.7. The summed E-state index contributed by atoms with van der Waals surface area (Å²) >= 11 is 1.38. The van der Waals surface area contributed by atoms with Gasteiger partial charge in [0.2, 0.25) is 0 Å². The number of halogens is 1. The van der Waals surface area contributed by atoms with Gasteiger partial charge in [0.05, 0.1) is 37.0 Å². The predicted octanol–water partition coefficient (Wildman–Crippen LogP) is 4.15. The number of aromatic hydroxyl groups is 1. The van der Waals surface area contributed by atoms with Crippen molar-refractivity contribution in [2.45, 2.75) is 0 Å². The summed E-state index contributed by atoms with van der Waals surface area (Å²) in [7, 11) is 3.83. The second kappa shape index (κ2) is 9.80. The van der Waals surface area contributed by atoms with Crippen molar-refractivity contribution in [2.24, 2.45) is 0 Å². The van der Waals surface area contributed by atoms with Crippen molar-refractivity contribution in [1.29, 1.82) is 0 Å². The van der Waals surface area contributed by atoms with E-state index in [2.05, 4.69) is 25.3 Å². The van der Waals surface area contributed by atoms with E-state index >= 15 is 0 Å². The predicted molar refractivity (Wildman–Crippen MR) is 135 cm³/mol. The third-order valence-electron chi connectivity index (χ3n) is 5.47. The van der Waals surface area contributed by atoms with Crippen LogP contribution in [0.1, 0.15) is 0 Å². The highest BCUT2D eigenvalue weighted by atomic mass is 32.1. The van der Waals surface area contributed by atoms with Crippen molar-refractivity contribution in [2.75, 3.05) is 55.5 Å². The highest BCUT2D eigenvalue weighted by Crippen LogP contribution is 2.30. The van der Waals surface area contributed by atoms with Gasteiger partial charge >= 0.3 is 0 Å². The van der Waals surface area contributed by atoms with Gasteiger partial charge in [0, 0.05) is 56.1 Å². The van der Waals surface area contributed by atoms with Crippen molar-refractivity contribution in [3.8, 4) is 28.0 Å². The maximum Gasteiger partial charge on any atom is 0.190 e. The van der Waals surface area contributed by atoms with Gasteiger partial charge in [-0.25, -0.2) is 19.3 Å². The lowest BCUT2D eigenvalue weighted by atomic mass is 10.2. The summed E-state index contributed by atoms with van der Waals surface area (Å²) in [4.78, 5) is 21.5. The van der Waals surface area contributed by atoms with E-state index in [4.69, 9.17) is 4.74 Å². The van der Waals surface area contributed by atoms with Crippen molar-refractivity contribution < 1.29 is 14.2 Å². The van der Waals surface area contributed by atoms with Gasteiger partial charge < -0.3 is 25.0 Å². The fourth-order valence-electron chi connectivity index (χ4n) is 3.66. The number of morpholine rings is 1. The molecular weight excluding hydrogens is 469 g/mol. The molecule has 0 spiro atoms. The van der Waals surface area contributed by atoms with E-state index in [-0.39, 0.29) is 11.6 Å². The maximum atomic E-state index is 14.4. The van der Waals surface area contributed by atoms with E-state index in [1.54, 1.807) is 18.3 Å². The van der Waals surface area contributed by atoms with Gasteiger partial charge in [-0.05, 0) is 18.2 Å². The van der Waals surface area contributed by atoms with Gasteiger partial charge in [-0.3, -0.25) is 4.98 Å². The summed E-state index contributed by atoms with van der Waals surface area (Å²) in [5, 5.41) is 15.7. The zero-order valence-corrected chi connectivity index (χ0v) is 20.1. The summed E-state index contributed by atoms with van der Waals surface area (Å²) in [6, 6.07) is 9.05. The molecule has 0 saturated carbocycles. The molecule has 0 unspecified atom stereocenters. The van der Waals surface area contributed by atoms with Crippen LogP contribution in [0.25, 0.3) is 22.2 Å². The molecule has 4 heterocycles. The van der Waals surface area contributed by atoms with E-state index in [0.717, 1.165) is 17.1 Å². The number of phenols is 1. The molecule has 0 amide bonds. The molecule has 0 bridgehead atoms. The van der Waals surface area contributed by atoms with Crippen LogP contribution in [0.4, 0.5) is 27.3 Å². The van der Waals surface area contributed by atoms with E-state index in [1.165, 1.54) is 17.5 Å². The molecular formula is C24H24FN7O2S. The fourth-order valence-corrected chi connectivity index (χ4v) is 4.42. The summed E-state index contributed by atoms with van der Waals surface area (Å²) in [6.07, 6.45) is 2.90. The van der Waals surface area contributed by atoms with Crippen molar-refractivity contribution in [3.05, 3.63) is 53.9 Å². The number of thiazole rings is 1. The van der Waals surface area contributed by atoms with Crippen LogP contribution in [0.15, 0.2) is 48.1 Å². The number of benzene rings is 1. The Morgan fingerprint density at radius 3 is 2.60 bits per heavy atom. The number of anilines is 4. The van der Waals surface area contributed by atoms with Gasteiger partial charge in [0.15, 0.2) is 22.5 Å². The van der Waals surface area contributed by atoms with E-state index < -0.39 is 5.82 Å². The normalized spacial score (nSPS) is 13.6. The molecule has 0 atom stereocenters. The molecule has 0 radical (unpaired) electrons. The molecule has 1 aromatic carbocycles. The van der Waals surface area contributed by atoms with Crippen LogP contribution in [-0.2, 0) is 4.74 Å². The molecule has 180 valence electrons. The average molecular weight is 494 g/mol. The number of hydrogen-bond acceptors (Lipinski definition) is 10. The smallest absolute Gasteiger partial charge is 0.190 e. The van der Waals surface area contributed by atoms with Crippen molar-refractivity contribution in [3.63, 3.8) is 0 Å². The first-order chi connectivity index (χ1) is 17.0. The first-order valence-electron chi connectivity index (χ1n) is 11.0. The standard InChI is InChI=1S/C24H24FN7O2S/c1-31(2)17-9-16(10-18(33)11-17)28-15-3-4-20(26-12-15)21-14-35-24(29-21)22-27-13-19(25)23(30-22)32-5-7-34-8-6-32/h3-4,9-14,28,33H,5-8H2,1-2H3. The van der Waals surface area contributed by atoms with Crippen molar-refractivity contribution >= 4 is 34.2 Å². The van der Waals surface area contributed by atoms with Gasteiger partial charge in [0.1, 0.15) is 11.4 Å². The third-order valence-corrected chi connectivity index (χ3v) is 6.30. The molecule has 1 aliphatic rings. The summed E-state index contributed by atoms with van der Waals surface area (Å²) in [5.74, 6) is 0.371. The fraction of sp³-hybridized carbons (Fsp3) is 0.250. The number of hydrogen-bond donors (Lipinski definition) is 2. The number of nitrogens with one attached hydrogen (secondary N) is 1. The number of nitrogens with zero attached hydrogens (tertiary/aromatic N) is 6. The lowest BCUT2D eigenvalue weighted by molar-refractivity contribution is 0.122. The first kappa shape index (κ1) is 22.9. The molecule has 1 fully saturated rings. The molecule has 35 heavy (non-hydrogen) atoms. The minimum absolute atomic E-state index is 0.179. The minimum Gasteiger partial charge on any atom is -0.508 e. The average Bonchev–Trinajstić information content (AvgIpc) is 3.35. The molecule has 2 N–H and O–H groups in total. The Morgan fingerprint density at radius 1 is 1.03 bits per heavy atom. The van der Waals surface area contributed by atoms with Crippen LogP contribution in [-0.4, -0.2) is 65.4 Å². The Bertz CT molecular complexity index is 1320. The zero-order chi connectivity index (χ0) is 24.4. The molecule has 9 nitrogen and oxygen atoms in total. The Hall–Kier alpha value is -3.83. The Labute approximate surface area is 205 Å². The van der Waals surface area contributed by atoms with Crippen LogP contribution in [0, 0.1) is 5.82 Å². The number of ether oxygens (including phenoxy) is 1. The lowest BCUT2D eigenvalue weighted by Gasteiger charge is -2.27. The largest absolute Gasteiger partial charge is 0.508 e. The molecule has 4 aromatic rings. The number of pyridine rings is 1. The van der Waals surface area contributed by atoms with Gasteiger partial charge in [0.25, 0.3) is 0 Å². The molecule has 11 heteroatoms. The van der Waals surface area contributed by atoms with Crippen LogP contribution in [0.2, 0.25) is 0 Å². The minimum atomic E-state index is -0.457. The SMILES string of the molecule is CN(C)c1cc(O)cc(Nc2ccc(-c3csc(-c4ncc(F)c(N5CCOCC5)n4)n3)nc2)c1. The lowest BCUT2D eigenvalue weighted by Crippen LogP contribution is -2.37. The van der Waals surface area contributed by atoms with Gasteiger partial charge in [-0.15, -0.1) is 11.3 Å². The molecule has 0 aliphatic carbocycles. The summed E-state index contributed by atoms with van der Waals surface area (Å²) in [6.45, 7) is 2.25. The molecule has 3 aromatic heterocycles. The summed E-state index contributed by atoms with van der Waals surface area (Å²) in [5.41, 5.74) is 3.79.